The summed E-state index contributed by atoms with van der Waals surface area (Å²) in [7, 11) is 0. The number of aryl methyl sites for hydroxylation is 1. The second kappa shape index (κ2) is 8.51. The van der Waals surface area contributed by atoms with Gasteiger partial charge in [-0.15, -0.1) is 11.3 Å². The highest BCUT2D eigenvalue weighted by Gasteiger charge is 2.16. The van der Waals surface area contributed by atoms with Crippen LogP contribution in [-0.4, -0.2) is 22.5 Å². The molecule has 3 heterocycles. The van der Waals surface area contributed by atoms with E-state index in [-0.39, 0.29) is 30.1 Å². The van der Waals surface area contributed by atoms with Gasteiger partial charge in [-0.3, -0.25) is 4.79 Å². The molecule has 0 fully saturated rings. The topological polar surface area (TPSA) is 77.3 Å². The zero-order chi connectivity index (χ0) is 22.1. The molecule has 5 rings (SSSR count). The highest BCUT2D eigenvalue weighted by molar-refractivity contribution is 7.14. The van der Waals surface area contributed by atoms with Crippen LogP contribution in [0.4, 0.5) is 13.9 Å². The number of aromatic nitrogens is 2. The minimum absolute atomic E-state index is 0.114. The third-order valence-electron chi connectivity index (χ3n) is 5.05. The van der Waals surface area contributed by atoms with Crippen LogP contribution in [0.3, 0.4) is 0 Å². The van der Waals surface area contributed by atoms with Gasteiger partial charge in [0.1, 0.15) is 17.4 Å². The van der Waals surface area contributed by atoms with E-state index in [1.54, 1.807) is 0 Å². The zero-order valence-electron chi connectivity index (χ0n) is 16.7. The first-order valence-electron chi connectivity index (χ1n) is 9.97. The molecule has 1 aliphatic rings. The lowest BCUT2D eigenvalue weighted by Gasteiger charge is -2.02. The number of carbonyl (C=O) groups is 1. The highest BCUT2D eigenvalue weighted by Crippen LogP contribution is 2.32. The molecule has 0 atom stereocenters. The Morgan fingerprint density at radius 1 is 1.19 bits per heavy atom. The molecule has 162 valence electrons. The first kappa shape index (κ1) is 20.3. The van der Waals surface area contributed by atoms with Crippen molar-refractivity contribution in [3.05, 3.63) is 71.1 Å². The molecule has 2 aromatic carbocycles. The van der Waals surface area contributed by atoms with Crippen molar-refractivity contribution in [1.82, 2.24) is 9.97 Å². The van der Waals surface area contributed by atoms with Crippen molar-refractivity contribution in [3.63, 3.8) is 0 Å². The van der Waals surface area contributed by atoms with Crippen LogP contribution in [0.2, 0.25) is 0 Å². The van der Waals surface area contributed by atoms with E-state index in [1.807, 2.05) is 17.5 Å². The lowest BCUT2D eigenvalue weighted by atomic mass is 10.1. The van der Waals surface area contributed by atoms with Gasteiger partial charge in [-0.25, -0.2) is 18.7 Å². The number of fused-ring (bicyclic) bond motifs is 1. The fourth-order valence-corrected chi connectivity index (χ4v) is 4.19. The van der Waals surface area contributed by atoms with Crippen molar-refractivity contribution in [3.8, 4) is 28.3 Å². The number of carbonyl (C=O) groups excluding carboxylic acids is 1. The molecule has 6 nitrogen and oxygen atoms in total. The smallest absolute Gasteiger partial charge is 0.226 e. The van der Waals surface area contributed by atoms with Crippen LogP contribution < -0.4 is 10.1 Å². The minimum Gasteiger partial charge on any atom is -0.493 e. The molecule has 0 radical (unpaired) electrons. The van der Waals surface area contributed by atoms with Gasteiger partial charge in [0.05, 0.1) is 24.1 Å². The number of oxazole rings is 1. The maximum Gasteiger partial charge on any atom is 0.226 e. The molecular weight excluding hydrogens is 436 g/mol. The summed E-state index contributed by atoms with van der Waals surface area (Å²) in [5, 5.41) is 5.18. The van der Waals surface area contributed by atoms with Crippen molar-refractivity contribution < 1.29 is 22.7 Å². The Balaban J connectivity index is 1.19. The van der Waals surface area contributed by atoms with E-state index >= 15 is 0 Å². The Morgan fingerprint density at radius 2 is 2.09 bits per heavy atom. The van der Waals surface area contributed by atoms with E-state index in [0.717, 1.165) is 41.1 Å². The quantitative estimate of drug-likeness (QED) is 0.432. The van der Waals surface area contributed by atoms with Gasteiger partial charge in [-0.1, -0.05) is 0 Å². The monoisotopic (exact) mass is 453 g/mol. The van der Waals surface area contributed by atoms with Gasteiger partial charge in [-0.2, -0.15) is 0 Å². The molecule has 0 unspecified atom stereocenters. The third kappa shape index (κ3) is 4.24. The number of benzene rings is 2. The van der Waals surface area contributed by atoms with Crippen LogP contribution in [0.15, 0.2) is 52.4 Å². The van der Waals surface area contributed by atoms with Crippen molar-refractivity contribution >= 4 is 22.4 Å². The standard InChI is InChI=1S/C23H17F2N3O3S/c24-15-2-3-16(17(25)10-15)20-11-26-22(31-20)6-5-21(29)28-23-27-18(12-32-23)13-1-4-19-14(9-13)7-8-30-19/h1-4,9-12H,5-8H2,(H,27,28,29). The van der Waals surface area contributed by atoms with Crippen LogP contribution in [0, 0.1) is 11.6 Å². The van der Waals surface area contributed by atoms with Gasteiger partial charge < -0.3 is 14.5 Å². The maximum absolute atomic E-state index is 13.9. The Morgan fingerprint density at radius 3 is 2.97 bits per heavy atom. The van der Waals surface area contributed by atoms with E-state index in [1.165, 1.54) is 23.6 Å². The number of anilines is 1. The summed E-state index contributed by atoms with van der Waals surface area (Å²) in [6, 6.07) is 9.17. The number of nitrogens with one attached hydrogen (secondary N) is 1. The second-order valence-electron chi connectivity index (χ2n) is 7.25. The van der Waals surface area contributed by atoms with Crippen LogP contribution in [-0.2, 0) is 17.6 Å². The molecule has 2 aromatic heterocycles. The number of ether oxygens (including phenoxy) is 1. The number of thiazole rings is 1. The number of rotatable bonds is 6. The summed E-state index contributed by atoms with van der Waals surface area (Å²) in [6.45, 7) is 0.696. The van der Waals surface area contributed by atoms with E-state index < -0.39 is 11.6 Å². The number of hydrogen-bond acceptors (Lipinski definition) is 6. The first-order valence-corrected chi connectivity index (χ1v) is 10.8. The molecule has 0 saturated carbocycles. The van der Waals surface area contributed by atoms with Crippen LogP contribution in [0.25, 0.3) is 22.6 Å². The SMILES string of the molecule is O=C(CCc1ncc(-c2ccc(F)cc2F)o1)Nc1nc(-c2ccc3c(c2)CCO3)cs1. The van der Waals surface area contributed by atoms with Crippen molar-refractivity contribution in [2.24, 2.45) is 0 Å². The van der Waals surface area contributed by atoms with Crippen LogP contribution >= 0.6 is 11.3 Å². The number of halogens is 2. The molecule has 32 heavy (non-hydrogen) atoms. The predicted octanol–water partition coefficient (Wildman–Crippen LogP) is 5.25. The molecule has 0 spiro atoms. The average molecular weight is 453 g/mol. The van der Waals surface area contributed by atoms with Gasteiger partial charge >= 0.3 is 0 Å². The fourth-order valence-electron chi connectivity index (χ4n) is 3.45. The normalized spacial score (nSPS) is 12.4. The van der Waals surface area contributed by atoms with E-state index in [2.05, 4.69) is 21.4 Å². The van der Waals surface area contributed by atoms with Gasteiger partial charge in [-0.05, 0) is 35.9 Å². The molecule has 1 aliphatic heterocycles. The molecule has 4 aromatic rings. The maximum atomic E-state index is 13.9. The molecule has 0 bridgehead atoms. The van der Waals surface area contributed by atoms with E-state index in [0.29, 0.717) is 17.6 Å². The van der Waals surface area contributed by atoms with E-state index in [9.17, 15) is 13.6 Å². The number of nitrogens with zero attached hydrogens (tertiary/aromatic N) is 2. The summed E-state index contributed by atoms with van der Waals surface area (Å²) in [5.74, 6) is -0.254. The largest absolute Gasteiger partial charge is 0.493 e. The Labute approximate surface area is 185 Å². The molecule has 1 N–H and O–H groups in total. The summed E-state index contributed by atoms with van der Waals surface area (Å²) in [5.41, 5.74) is 3.04. The third-order valence-corrected chi connectivity index (χ3v) is 5.81. The lowest BCUT2D eigenvalue weighted by molar-refractivity contribution is -0.116. The molecule has 0 saturated heterocycles. The van der Waals surface area contributed by atoms with Crippen LogP contribution in [0.5, 0.6) is 5.75 Å². The van der Waals surface area contributed by atoms with Gasteiger partial charge in [0.15, 0.2) is 16.8 Å². The first-order chi connectivity index (χ1) is 15.5. The Bertz CT molecular complexity index is 1300. The summed E-state index contributed by atoms with van der Waals surface area (Å²) < 4.78 is 38.0. The molecular formula is C23H17F2N3O3S. The molecule has 1 amide bonds. The lowest BCUT2D eigenvalue weighted by Crippen LogP contribution is -2.12. The van der Waals surface area contributed by atoms with Gasteiger partial charge in [0.2, 0.25) is 5.91 Å². The zero-order valence-corrected chi connectivity index (χ0v) is 17.5. The Hall–Kier alpha value is -3.59. The minimum atomic E-state index is -0.735. The summed E-state index contributed by atoms with van der Waals surface area (Å²) in [6.07, 6.45) is 2.60. The summed E-state index contributed by atoms with van der Waals surface area (Å²) >= 11 is 1.35. The fraction of sp³-hybridized carbons (Fsp3) is 0.174. The van der Waals surface area contributed by atoms with Gasteiger partial charge in [0, 0.05) is 36.3 Å². The molecule has 0 aliphatic carbocycles. The number of amides is 1. The van der Waals surface area contributed by atoms with Crippen LogP contribution in [0.1, 0.15) is 17.9 Å². The number of hydrogen-bond donors (Lipinski definition) is 1. The van der Waals surface area contributed by atoms with Gasteiger partial charge in [0.25, 0.3) is 0 Å². The highest BCUT2D eigenvalue weighted by atomic mass is 32.1. The van der Waals surface area contributed by atoms with Crippen molar-refractivity contribution in [2.75, 3.05) is 11.9 Å². The van der Waals surface area contributed by atoms with Crippen molar-refractivity contribution in [2.45, 2.75) is 19.3 Å². The van der Waals surface area contributed by atoms with Crippen molar-refractivity contribution in [1.29, 1.82) is 0 Å². The predicted molar refractivity (Wildman–Crippen MR) is 116 cm³/mol. The Kier molecular flexibility index (Phi) is 5.40. The van der Waals surface area contributed by atoms with E-state index in [4.69, 9.17) is 9.15 Å². The molecule has 9 heteroatoms. The average Bonchev–Trinajstić information content (AvgIpc) is 3.52. The summed E-state index contributed by atoms with van der Waals surface area (Å²) in [4.78, 5) is 20.9. The second-order valence-corrected chi connectivity index (χ2v) is 8.11.